The Hall–Kier alpha value is -2.58. The number of sulfonamides is 1. The van der Waals surface area contributed by atoms with Gasteiger partial charge < -0.3 is 14.8 Å². The Morgan fingerprint density at radius 1 is 0.967 bits per heavy atom. The van der Waals surface area contributed by atoms with Gasteiger partial charge >= 0.3 is 0 Å². The molecule has 0 atom stereocenters. The number of hydrogen-bond acceptors (Lipinski definition) is 5. The fraction of sp³-hybridized carbons (Fsp3) is 0.409. The largest absolute Gasteiger partial charge is 0.496 e. The smallest absolute Gasteiger partial charge is 0.255 e. The maximum atomic E-state index is 13.1. The van der Waals surface area contributed by atoms with Gasteiger partial charge in [0.05, 0.1) is 19.1 Å². The van der Waals surface area contributed by atoms with Crippen LogP contribution in [0.15, 0.2) is 35.2 Å². The van der Waals surface area contributed by atoms with Gasteiger partial charge in [0.25, 0.3) is 5.91 Å². The number of amides is 1. The molecule has 0 saturated carbocycles. The van der Waals surface area contributed by atoms with Crippen molar-refractivity contribution in [3.8, 4) is 11.5 Å². The Morgan fingerprint density at radius 3 is 2.13 bits per heavy atom. The minimum absolute atomic E-state index is 0.223. The molecule has 0 unspecified atom stereocenters. The first kappa shape index (κ1) is 22.1. The van der Waals surface area contributed by atoms with E-state index >= 15 is 0 Å². The Morgan fingerprint density at radius 2 is 1.57 bits per heavy atom. The van der Waals surface area contributed by atoms with Crippen molar-refractivity contribution in [2.24, 2.45) is 0 Å². The van der Waals surface area contributed by atoms with Crippen molar-refractivity contribution in [3.05, 3.63) is 47.0 Å². The molecule has 1 N–H and O–H groups in total. The molecule has 7 nitrogen and oxygen atoms in total. The number of nitrogens with zero attached hydrogens (tertiary/aromatic N) is 1. The normalized spacial score (nSPS) is 14.9. The first-order chi connectivity index (χ1) is 14.3. The molecule has 2 aromatic carbocycles. The fourth-order valence-electron chi connectivity index (χ4n) is 3.62. The van der Waals surface area contributed by atoms with E-state index in [0.29, 0.717) is 41.4 Å². The van der Waals surface area contributed by atoms with Gasteiger partial charge in [-0.1, -0.05) is 12.5 Å². The molecular formula is C22H28N2O5S. The number of rotatable bonds is 6. The summed E-state index contributed by atoms with van der Waals surface area (Å²) >= 11 is 0. The number of carbonyl (C=O) groups is 1. The van der Waals surface area contributed by atoms with Crippen LogP contribution in [-0.4, -0.2) is 45.9 Å². The Labute approximate surface area is 178 Å². The third-order valence-electron chi connectivity index (χ3n) is 5.39. The van der Waals surface area contributed by atoms with Crippen LogP contribution in [0.1, 0.15) is 40.7 Å². The SMILES string of the molecule is COc1cc(C(=O)Nc2ccc(C)c(S(=O)(=O)N3CCCCC3)c2)cc(OC)c1C. The summed E-state index contributed by atoms with van der Waals surface area (Å²) in [5.41, 5.74) is 2.22. The number of nitrogens with one attached hydrogen (secondary N) is 1. The van der Waals surface area contributed by atoms with E-state index in [1.165, 1.54) is 24.6 Å². The lowest BCUT2D eigenvalue weighted by Crippen LogP contribution is -2.36. The summed E-state index contributed by atoms with van der Waals surface area (Å²) in [7, 11) is -0.543. The second-order valence-electron chi connectivity index (χ2n) is 7.40. The Balaban J connectivity index is 1.89. The Kier molecular flexibility index (Phi) is 6.67. The lowest BCUT2D eigenvalue weighted by molar-refractivity contribution is 0.102. The van der Waals surface area contributed by atoms with Crippen LogP contribution in [-0.2, 0) is 10.0 Å². The molecule has 1 amide bonds. The third-order valence-corrected chi connectivity index (χ3v) is 7.43. The zero-order chi connectivity index (χ0) is 21.9. The molecule has 30 heavy (non-hydrogen) atoms. The van der Waals surface area contributed by atoms with Crippen molar-refractivity contribution in [2.45, 2.75) is 38.0 Å². The van der Waals surface area contributed by atoms with E-state index in [1.807, 2.05) is 6.92 Å². The summed E-state index contributed by atoms with van der Waals surface area (Å²) in [5, 5.41) is 2.79. The number of piperidine rings is 1. The molecule has 0 radical (unpaired) electrons. The molecular weight excluding hydrogens is 404 g/mol. The minimum Gasteiger partial charge on any atom is -0.496 e. The molecule has 1 aliphatic rings. The zero-order valence-electron chi connectivity index (χ0n) is 17.8. The van der Waals surface area contributed by atoms with Gasteiger partial charge in [-0.2, -0.15) is 4.31 Å². The van der Waals surface area contributed by atoms with Gasteiger partial charge in [0.1, 0.15) is 11.5 Å². The van der Waals surface area contributed by atoms with Gasteiger partial charge in [0.15, 0.2) is 0 Å². The molecule has 1 saturated heterocycles. The van der Waals surface area contributed by atoms with Gasteiger partial charge in [-0.05, 0) is 56.5 Å². The maximum Gasteiger partial charge on any atom is 0.255 e. The molecule has 2 aromatic rings. The highest BCUT2D eigenvalue weighted by molar-refractivity contribution is 7.89. The third kappa shape index (κ3) is 4.44. The van der Waals surface area contributed by atoms with E-state index < -0.39 is 10.0 Å². The number of aryl methyl sites for hydroxylation is 1. The summed E-state index contributed by atoms with van der Waals surface area (Å²) in [6.45, 7) is 4.66. The molecule has 1 heterocycles. The van der Waals surface area contributed by atoms with Crippen LogP contribution in [0.3, 0.4) is 0 Å². The Bertz CT molecular complexity index is 1020. The van der Waals surface area contributed by atoms with Crippen LogP contribution < -0.4 is 14.8 Å². The lowest BCUT2D eigenvalue weighted by Gasteiger charge is -2.26. The average Bonchev–Trinajstić information content (AvgIpc) is 2.75. The number of methoxy groups -OCH3 is 2. The number of benzene rings is 2. The molecule has 1 fully saturated rings. The summed E-state index contributed by atoms with van der Waals surface area (Å²) < 4.78 is 38.4. The van der Waals surface area contributed by atoms with Crippen LogP contribution in [0.5, 0.6) is 11.5 Å². The monoisotopic (exact) mass is 432 g/mol. The quantitative estimate of drug-likeness (QED) is 0.752. The number of hydrogen-bond donors (Lipinski definition) is 1. The highest BCUT2D eigenvalue weighted by atomic mass is 32.2. The first-order valence-corrected chi connectivity index (χ1v) is 11.4. The predicted molar refractivity (Wildman–Crippen MR) is 116 cm³/mol. The van der Waals surface area contributed by atoms with Crippen molar-refractivity contribution in [1.82, 2.24) is 4.31 Å². The number of carbonyl (C=O) groups excluding carboxylic acids is 1. The van der Waals surface area contributed by atoms with E-state index in [2.05, 4.69) is 5.32 Å². The topological polar surface area (TPSA) is 84.9 Å². The van der Waals surface area contributed by atoms with Gasteiger partial charge in [0, 0.05) is 29.9 Å². The van der Waals surface area contributed by atoms with Crippen LogP contribution in [0, 0.1) is 13.8 Å². The van der Waals surface area contributed by atoms with Gasteiger partial charge in [-0.25, -0.2) is 8.42 Å². The summed E-state index contributed by atoms with van der Waals surface area (Å²) in [5.74, 6) is 0.699. The first-order valence-electron chi connectivity index (χ1n) is 9.92. The fourth-order valence-corrected chi connectivity index (χ4v) is 5.39. The van der Waals surface area contributed by atoms with E-state index in [1.54, 1.807) is 31.2 Å². The molecule has 8 heteroatoms. The van der Waals surface area contributed by atoms with E-state index in [4.69, 9.17) is 9.47 Å². The van der Waals surface area contributed by atoms with Crippen LogP contribution in [0.2, 0.25) is 0 Å². The highest BCUT2D eigenvalue weighted by Crippen LogP contribution is 2.30. The summed E-state index contributed by atoms with van der Waals surface area (Å²) in [4.78, 5) is 13.1. The minimum atomic E-state index is -3.60. The number of anilines is 1. The van der Waals surface area contributed by atoms with Crippen LogP contribution >= 0.6 is 0 Å². The van der Waals surface area contributed by atoms with E-state index in [-0.39, 0.29) is 10.8 Å². The second kappa shape index (κ2) is 9.06. The van der Waals surface area contributed by atoms with Crippen molar-refractivity contribution in [1.29, 1.82) is 0 Å². The van der Waals surface area contributed by atoms with Gasteiger partial charge in [0.2, 0.25) is 10.0 Å². The van der Waals surface area contributed by atoms with Crippen molar-refractivity contribution < 1.29 is 22.7 Å². The predicted octanol–water partition coefficient (Wildman–Crippen LogP) is 3.75. The average molecular weight is 433 g/mol. The number of ether oxygens (including phenoxy) is 2. The molecule has 1 aliphatic heterocycles. The molecule has 0 aromatic heterocycles. The zero-order valence-corrected chi connectivity index (χ0v) is 18.6. The molecule has 0 spiro atoms. The second-order valence-corrected chi connectivity index (χ2v) is 9.31. The molecule has 3 rings (SSSR count). The summed E-state index contributed by atoms with van der Waals surface area (Å²) in [6.07, 6.45) is 2.78. The maximum absolute atomic E-state index is 13.1. The van der Waals surface area contributed by atoms with Crippen LogP contribution in [0.25, 0.3) is 0 Å². The van der Waals surface area contributed by atoms with Crippen molar-refractivity contribution >= 4 is 21.6 Å². The van der Waals surface area contributed by atoms with Gasteiger partial charge in [-0.15, -0.1) is 0 Å². The summed E-state index contributed by atoms with van der Waals surface area (Å²) in [6, 6.07) is 8.20. The van der Waals surface area contributed by atoms with E-state index in [0.717, 1.165) is 24.8 Å². The van der Waals surface area contributed by atoms with Gasteiger partial charge in [-0.3, -0.25) is 4.79 Å². The lowest BCUT2D eigenvalue weighted by atomic mass is 10.1. The van der Waals surface area contributed by atoms with Crippen molar-refractivity contribution in [2.75, 3.05) is 32.6 Å². The molecule has 162 valence electrons. The van der Waals surface area contributed by atoms with Crippen molar-refractivity contribution in [3.63, 3.8) is 0 Å². The molecule has 0 aliphatic carbocycles. The molecule has 0 bridgehead atoms. The van der Waals surface area contributed by atoms with E-state index in [9.17, 15) is 13.2 Å². The standard InChI is InChI=1S/C22H28N2O5S/c1-15-8-9-18(14-21(15)30(26,27)24-10-6-5-7-11-24)23-22(25)17-12-19(28-3)16(2)20(13-17)29-4/h8-9,12-14H,5-7,10-11H2,1-4H3,(H,23,25). The van der Waals surface area contributed by atoms with Crippen LogP contribution in [0.4, 0.5) is 5.69 Å². The highest BCUT2D eigenvalue weighted by Gasteiger charge is 2.27.